The van der Waals surface area contributed by atoms with Crippen molar-refractivity contribution in [2.24, 2.45) is 5.92 Å². The number of nitrogen functional groups attached to an aromatic ring is 1. The number of rotatable bonds is 4. The zero-order valence-electron chi connectivity index (χ0n) is 10.8. The number of alkyl halides is 3. The Hall–Kier alpha value is -1.72. The Morgan fingerprint density at radius 2 is 2.00 bits per heavy atom. The molecule has 0 fully saturated rings. The standard InChI is InChI=1S/C13H17F3N2O/c1-8(2)5-6-18-12(19)10-7-9(13(14,15)16)3-4-11(10)17/h3-4,7-8H,5-6,17H2,1-2H3,(H,18,19). The Bertz CT molecular complexity index is 456. The van der Waals surface area contributed by atoms with Gasteiger partial charge in [0.2, 0.25) is 0 Å². The Kier molecular flexibility index (Phi) is 4.80. The fourth-order valence-electron chi connectivity index (χ4n) is 1.50. The number of hydrogen-bond acceptors (Lipinski definition) is 2. The maximum atomic E-state index is 12.5. The molecule has 0 atom stereocenters. The molecule has 1 rings (SSSR count). The summed E-state index contributed by atoms with van der Waals surface area (Å²) >= 11 is 0. The molecule has 0 heterocycles. The molecular formula is C13H17F3N2O. The van der Waals surface area contributed by atoms with Crippen LogP contribution in [0.5, 0.6) is 0 Å². The number of carbonyl (C=O) groups is 1. The number of halogens is 3. The van der Waals surface area contributed by atoms with Crippen molar-refractivity contribution in [3.05, 3.63) is 29.3 Å². The molecule has 0 radical (unpaired) electrons. The normalized spacial score (nSPS) is 11.7. The molecule has 3 nitrogen and oxygen atoms in total. The molecule has 0 unspecified atom stereocenters. The largest absolute Gasteiger partial charge is 0.416 e. The second kappa shape index (κ2) is 5.95. The quantitative estimate of drug-likeness (QED) is 0.829. The van der Waals surface area contributed by atoms with E-state index in [-0.39, 0.29) is 11.3 Å². The minimum Gasteiger partial charge on any atom is -0.398 e. The lowest BCUT2D eigenvalue weighted by molar-refractivity contribution is -0.137. The lowest BCUT2D eigenvalue weighted by Crippen LogP contribution is -2.26. The van der Waals surface area contributed by atoms with E-state index >= 15 is 0 Å². The van der Waals surface area contributed by atoms with Crippen LogP contribution in [0.2, 0.25) is 0 Å². The first kappa shape index (κ1) is 15.3. The highest BCUT2D eigenvalue weighted by Gasteiger charge is 2.31. The van der Waals surface area contributed by atoms with E-state index in [1.165, 1.54) is 0 Å². The van der Waals surface area contributed by atoms with E-state index in [9.17, 15) is 18.0 Å². The van der Waals surface area contributed by atoms with Gasteiger partial charge in [-0.3, -0.25) is 4.79 Å². The highest BCUT2D eigenvalue weighted by molar-refractivity contribution is 5.99. The fourth-order valence-corrected chi connectivity index (χ4v) is 1.50. The summed E-state index contributed by atoms with van der Waals surface area (Å²) in [6, 6.07) is 2.74. The van der Waals surface area contributed by atoms with Crippen LogP contribution in [0, 0.1) is 5.92 Å². The SMILES string of the molecule is CC(C)CCNC(=O)c1cc(C(F)(F)F)ccc1N. The molecule has 106 valence electrons. The van der Waals surface area contributed by atoms with Crippen LogP contribution in [-0.4, -0.2) is 12.5 Å². The van der Waals surface area contributed by atoms with Crippen LogP contribution >= 0.6 is 0 Å². The monoisotopic (exact) mass is 274 g/mol. The molecule has 19 heavy (non-hydrogen) atoms. The van der Waals surface area contributed by atoms with Gasteiger partial charge in [0.05, 0.1) is 11.1 Å². The lowest BCUT2D eigenvalue weighted by atomic mass is 10.1. The number of benzene rings is 1. The summed E-state index contributed by atoms with van der Waals surface area (Å²) in [5.74, 6) is -0.177. The van der Waals surface area contributed by atoms with E-state index in [0.717, 1.165) is 24.6 Å². The van der Waals surface area contributed by atoms with Gasteiger partial charge in [0, 0.05) is 12.2 Å². The number of hydrogen-bond donors (Lipinski definition) is 2. The highest BCUT2D eigenvalue weighted by atomic mass is 19.4. The second-order valence-electron chi connectivity index (χ2n) is 4.74. The summed E-state index contributed by atoms with van der Waals surface area (Å²) in [5, 5.41) is 2.56. The molecule has 0 spiro atoms. The molecule has 0 bridgehead atoms. The molecule has 0 aliphatic carbocycles. The van der Waals surface area contributed by atoms with Gasteiger partial charge in [-0.15, -0.1) is 0 Å². The molecule has 0 saturated carbocycles. The van der Waals surface area contributed by atoms with Crippen LogP contribution in [-0.2, 0) is 6.18 Å². The topological polar surface area (TPSA) is 55.1 Å². The second-order valence-corrected chi connectivity index (χ2v) is 4.74. The smallest absolute Gasteiger partial charge is 0.398 e. The molecule has 1 aromatic carbocycles. The molecule has 1 amide bonds. The van der Waals surface area contributed by atoms with E-state index in [4.69, 9.17) is 5.73 Å². The molecule has 6 heteroatoms. The first-order valence-electron chi connectivity index (χ1n) is 5.96. The van der Waals surface area contributed by atoms with Crippen LogP contribution in [0.3, 0.4) is 0 Å². The van der Waals surface area contributed by atoms with E-state index < -0.39 is 17.6 Å². The summed E-state index contributed by atoms with van der Waals surface area (Å²) < 4.78 is 37.6. The maximum absolute atomic E-state index is 12.5. The van der Waals surface area contributed by atoms with Crippen LogP contribution in [0.1, 0.15) is 36.2 Å². The van der Waals surface area contributed by atoms with E-state index in [2.05, 4.69) is 5.32 Å². The average molecular weight is 274 g/mol. The number of nitrogens with two attached hydrogens (primary N) is 1. The van der Waals surface area contributed by atoms with E-state index in [0.29, 0.717) is 12.5 Å². The predicted molar refractivity (Wildman–Crippen MR) is 67.6 cm³/mol. The molecule has 3 N–H and O–H groups in total. The third-order valence-corrected chi connectivity index (χ3v) is 2.63. The van der Waals surface area contributed by atoms with Crippen molar-refractivity contribution < 1.29 is 18.0 Å². The van der Waals surface area contributed by atoms with Crippen LogP contribution in [0.25, 0.3) is 0 Å². The van der Waals surface area contributed by atoms with Gasteiger partial charge < -0.3 is 11.1 Å². The van der Waals surface area contributed by atoms with Gasteiger partial charge in [0.25, 0.3) is 5.91 Å². The predicted octanol–water partition coefficient (Wildman–Crippen LogP) is 3.06. The van der Waals surface area contributed by atoms with E-state index in [1.807, 2.05) is 13.8 Å². The Balaban J connectivity index is 2.84. The van der Waals surface area contributed by atoms with Gasteiger partial charge in [0.15, 0.2) is 0 Å². The van der Waals surface area contributed by atoms with Gasteiger partial charge in [0.1, 0.15) is 0 Å². The van der Waals surface area contributed by atoms with Crippen molar-refractivity contribution >= 4 is 11.6 Å². The van der Waals surface area contributed by atoms with Crippen LogP contribution < -0.4 is 11.1 Å². The lowest BCUT2D eigenvalue weighted by Gasteiger charge is -2.12. The van der Waals surface area contributed by atoms with E-state index in [1.54, 1.807) is 0 Å². The van der Waals surface area contributed by atoms with Crippen molar-refractivity contribution in [2.75, 3.05) is 12.3 Å². The van der Waals surface area contributed by atoms with Crippen LogP contribution in [0.15, 0.2) is 18.2 Å². The molecule has 0 saturated heterocycles. The summed E-state index contributed by atoms with van der Waals surface area (Å²) in [6.07, 6.45) is -3.73. The molecule has 0 aromatic heterocycles. The third kappa shape index (κ3) is 4.46. The Morgan fingerprint density at radius 1 is 1.37 bits per heavy atom. The first-order chi connectivity index (χ1) is 8.71. The number of carbonyl (C=O) groups excluding carboxylic acids is 1. The van der Waals surface area contributed by atoms with Gasteiger partial charge in [-0.1, -0.05) is 13.8 Å². The number of nitrogens with one attached hydrogen (secondary N) is 1. The highest BCUT2D eigenvalue weighted by Crippen LogP contribution is 2.31. The van der Waals surface area contributed by atoms with Gasteiger partial charge in [-0.25, -0.2) is 0 Å². The zero-order valence-corrected chi connectivity index (χ0v) is 10.8. The number of anilines is 1. The van der Waals surface area contributed by atoms with Crippen molar-refractivity contribution in [3.63, 3.8) is 0 Å². The summed E-state index contributed by atoms with van der Waals surface area (Å²) in [7, 11) is 0. The van der Waals surface area contributed by atoms with Crippen molar-refractivity contribution in [2.45, 2.75) is 26.4 Å². The zero-order chi connectivity index (χ0) is 14.6. The number of amides is 1. The summed E-state index contributed by atoms with van der Waals surface area (Å²) in [4.78, 5) is 11.8. The van der Waals surface area contributed by atoms with Gasteiger partial charge in [-0.05, 0) is 30.5 Å². The molecule has 0 aliphatic rings. The molecular weight excluding hydrogens is 257 g/mol. The van der Waals surface area contributed by atoms with Crippen molar-refractivity contribution in [1.82, 2.24) is 5.32 Å². The van der Waals surface area contributed by atoms with Crippen molar-refractivity contribution in [1.29, 1.82) is 0 Å². The molecule has 0 aliphatic heterocycles. The molecule has 1 aromatic rings. The van der Waals surface area contributed by atoms with Crippen LogP contribution in [0.4, 0.5) is 18.9 Å². The Morgan fingerprint density at radius 3 is 2.53 bits per heavy atom. The Labute approximate surface area is 110 Å². The summed E-state index contributed by atoms with van der Waals surface area (Å²) in [5.41, 5.74) is 4.55. The van der Waals surface area contributed by atoms with Gasteiger partial charge >= 0.3 is 6.18 Å². The maximum Gasteiger partial charge on any atom is 0.416 e. The van der Waals surface area contributed by atoms with Crippen molar-refractivity contribution in [3.8, 4) is 0 Å². The summed E-state index contributed by atoms with van der Waals surface area (Å²) in [6.45, 7) is 4.39. The minimum atomic E-state index is -4.49. The minimum absolute atomic E-state index is 0.0371. The first-order valence-corrected chi connectivity index (χ1v) is 5.96. The third-order valence-electron chi connectivity index (χ3n) is 2.63. The average Bonchev–Trinajstić information content (AvgIpc) is 2.27. The van der Waals surface area contributed by atoms with Gasteiger partial charge in [-0.2, -0.15) is 13.2 Å². The fraction of sp³-hybridized carbons (Fsp3) is 0.462.